The molecule has 1 atom stereocenters. The third-order valence-corrected chi connectivity index (χ3v) is 4.71. The minimum absolute atomic E-state index is 0. The van der Waals surface area contributed by atoms with E-state index in [4.69, 9.17) is 0 Å². The van der Waals surface area contributed by atoms with Crippen LogP contribution >= 0.6 is 24.0 Å². The second-order valence-electron chi connectivity index (χ2n) is 6.81. The van der Waals surface area contributed by atoms with Crippen molar-refractivity contribution >= 4 is 29.9 Å². The summed E-state index contributed by atoms with van der Waals surface area (Å²) in [6.45, 7) is 5.58. The Balaban J connectivity index is 0.00000312. The fourth-order valence-electron chi connectivity index (χ4n) is 3.52. The molecule has 2 N–H and O–H groups in total. The summed E-state index contributed by atoms with van der Waals surface area (Å²) in [5.74, 6) is 0.711. The lowest BCUT2D eigenvalue weighted by molar-refractivity contribution is -0.143. The van der Waals surface area contributed by atoms with E-state index in [9.17, 15) is 13.2 Å². The van der Waals surface area contributed by atoms with E-state index in [1.54, 1.807) is 7.05 Å². The van der Waals surface area contributed by atoms with Crippen LogP contribution in [0.15, 0.2) is 4.99 Å². The Morgan fingerprint density at radius 1 is 1.04 bits per heavy atom. The minimum atomic E-state index is -4.12. The topological polar surface area (TPSA) is 42.9 Å². The van der Waals surface area contributed by atoms with Gasteiger partial charge in [-0.25, -0.2) is 0 Å². The van der Waals surface area contributed by atoms with Crippen molar-refractivity contribution in [3.05, 3.63) is 0 Å². The quantitative estimate of drug-likeness (QED) is 0.363. The fraction of sp³-hybridized carbons (Fsp3) is 0.938. The second kappa shape index (κ2) is 10.8. The molecule has 9 heteroatoms. The smallest absolute Gasteiger partial charge is 0.354 e. The SMILES string of the molecule is CCCN1CCC(NC(=NC)NC2CCN(CC(F)(F)F)C2)CC1.I. The van der Waals surface area contributed by atoms with Crippen LogP contribution in [0.2, 0.25) is 0 Å². The summed E-state index contributed by atoms with van der Waals surface area (Å²) < 4.78 is 37.4. The number of likely N-dealkylation sites (tertiary alicyclic amines) is 2. The zero-order valence-corrected chi connectivity index (χ0v) is 17.4. The number of hydrogen-bond acceptors (Lipinski definition) is 3. The Morgan fingerprint density at radius 3 is 2.16 bits per heavy atom. The van der Waals surface area contributed by atoms with Crippen molar-refractivity contribution < 1.29 is 13.2 Å². The lowest BCUT2D eigenvalue weighted by atomic mass is 10.1. The maximum atomic E-state index is 12.5. The highest BCUT2D eigenvalue weighted by Crippen LogP contribution is 2.20. The third-order valence-electron chi connectivity index (χ3n) is 4.71. The summed E-state index contributed by atoms with van der Waals surface area (Å²) in [5.41, 5.74) is 0. The molecule has 0 spiro atoms. The van der Waals surface area contributed by atoms with Gasteiger partial charge in [0.1, 0.15) is 0 Å². The highest BCUT2D eigenvalue weighted by molar-refractivity contribution is 14.0. The first-order valence-electron chi connectivity index (χ1n) is 8.91. The number of rotatable bonds is 5. The van der Waals surface area contributed by atoms with Crippen LogP contribution < -0.4 is 10.6 Å². The first-order valence-corrected chi connectivity index (χ1v) is 8.91. The average molecular weight is 477 g/mol. The van der Waals surface area contributed by atoms with Crippen LogP contribution in [0.5, 0.6) is 0 Å². The Hall–Kier alpha value is -0.290. The van der Waals surface area contributed by atoms with Crippen LogP contribution in [0.3, 0.4) is 0 Å². The van der Waals surface area contributed by atoms with E-state index in [0.717, 1.165) is 32.5 Å². The number of guanidine groups is 1. The molecule has 2 fully saturated rings. The van der Waals surface area contributed by atoms with Crippen molar-refractivity contribution in [2.45, 2.75) is 50.9 Å². The fourth-order valence-corrected chi connectivity index (χ4v) is 3.52. The Labute approximate surface area is 165 Å². The van der Waals surface area contributed by atoms with E-state index in [2.05, 4.69) is 27.4 Å². The molecule has 25 heavy (non-hydrogen) atoms. The van der Waals surface area contributed by atoms with Gasteiger partial charge in [-0.1, -0.05) is 6.92 Å². The van der Waals surface area contributed by atoms with Crippen LogP contribution in [0.4, 0.5) is 13.2 Å². The molecular formula is C16H31F3IN5. The van der Waals surface area contributed by atoms with Gasteiger partial charge >= 0.3 is 6.18 Å². The molecule has 0 bridgehead atoms. The van der Waals surface area contributed by atoms with Gasteiger partial charge < -0.3 is 15.5 Å². The molecule has 0 aromatic heterocycles. The molecule has 0 saturated carbocycles. The number of hydrogen-bond donors (Lipinski definition) is 2. The van der Waals surface area contributed by atoms with Crippen molar-refractivity contribution in [1.29, 1.82) is 0 Å². The summed E-state index contributed by atoms with van der Waals surface area (Å²) >= 11 is 0. The zero-order valence-electron chi connectivity index (χ0n) is 15.1. The number of piperidine rings is 1. The van der Waals surface area contributed by atoms with Gasteiger partial charge in [-0.15, -0.1) is 24.0 Å². The minimum Gasteiger partial charge on any atom is -0.354 e. The molecule has 0 aromatic carbocycles. The van der Waals surface area contributed by atoms with Crippen LogP contribution in [-0.4, -0.2) is 80.3 Å². The molecule has 0 aromatic rings. The van der Waals surface area contributed by atoms with E-state index in [0.29, 0.717) is 31.5 Å². The number of alkyl halides is 3. The average Bonchev–Trinajstić information content (AvgIpc) is 2.93. The predicted molar refractivity (Wildman–Crippen MR) is 106 cm³/mol. The van der Waals surface area contributed by atoms with Gasteiger partial charge in [-0.05, 0) is 32.2 Å². The highest BCUT2D eigenvalue weighted by atomic mass is 127. The number of nitrogens with zero attached hydrogens (tertiary/aromatic N) is 3. The zero-order chi connectivity index (χ0) is 17.6. The van der Waals surface area contributed by atoms with Gasteiger partial charge in [-0.3, -0.25) is 9.89 Å². The van der Waals surface area contributed by atoms with Crippen molar-refractivity contribution in [3.8, 4) is 0 Å². The van der Waals surface area contributed by atoms with Crippen molar-refractivity contribution in [3.63, 3.8) is 0 Å². The summed E-state index contributed by atoms with van der Waals surface area (Å²) in [4.78, 5) is 8.17. The Morgan fingerprint density at radius 2 is 1.60 bits per heavy atom. The van der Waals surface area contributed by atoms with Crippen molar-refractivity contribution in [2.75, 3.05) is 46.3 Å². The van der Waals surface area contributed by atoms with E-state index >= 15 is 0 Å². The molecule has 2 rings (SSSR count). The molecule has 0 amide bonds. The molecular weight excluding hydrogens is 446 g/mol. The Kier molecular flexibility index (Phi) is 9.79. The first-order chi connectivity index (χ1) is 11.4. The maximum absolute atomic E-state index is 12.5. The summed E-state index contributed by atoms with van der Waals surface area (Å²) in [7, 11) is 1.71. The third kappa shape index (κ3) is 8.29. The molecule has 2 aliphatic rings. The van der Waals surface area contributed by atoms with Gasteiger partial charge in [0, 0.05) is 45.3 Å². The lowest BCUT2D eigenvalue weighted by Crippen LogP contribution is -2.51. The van der Waals surface area contributed by atoms with Gasteiger partial charge in [0.15, 0.2) is 5.96 Å². The predicted octanol–water partition coefficient (Wildman–Crippen LogP) is 2.28. The molecule has 148 valence electrons. The van der Waals surface area contributed by atoms with Gasteiger partial charge in [0.05, 0.1) is 6.54 Å². The van der Waals surface area contributed by atoms with Gasteiger partial charge in [-0.2, -0.15) is 13.2 Å². The first kappa shape index (κ1) is 22.8. The van der Waals surface area contributed by atoms with Gasteiger partial charge in [0.2, 0.25) is 0 Å². The standard InChI is InChI=1S/C16H30F3N5.HI/c1-3-7-23-8-4-13(5-9-23)21-15(20-2)22-14-6-10-24(11-14)12-16(17,18)19;/h13-14H,3-12H2,1-2H3,(H2,20,21,22);1H. The summed E-state index contributed by atoms with van der Waals surface area (Å²) in [6, 6.07) is 0.413. The van der Waals surface area contributed by atoms with E-state index in [1.807, 2.05) is 0 Å². The molecule has 1 unspecified atom stereocenters. The normalized spacial score (nSPS) is 24.2. The van der Waals surface area contributed by atoms with Crippen LogP contribution in [0, 0.1) is 0 Å². The van der Waals surface area contributed by atoms with E-state index < -0.39 is 12.7 Å². The van der Waals surface area contributed by atoms with E-state index in [-0.39, 0.29) is 30.0 Å². The van der Waals surface area contributed by atoms with Crippen molar-refractivity contribution in [1.82, 2.24) is 20.4 Å². The van der Waals surface area contributed by atoms with Gasteiger partial charge in [0.25, 0.3) is 0 Å². The number of aliphatic imine (C=N–C) groups is 1. The lowest BCUT2D eigenvalue weighted by Gasteiger charge is -2.33. The Bertz CT molecular complexity index is 411. The second-order valence-corrected chi connectivity index (χ2v) is 6.81. The summed E-state index contributed by atoms with van der Waals surface area (Å²) in [5, 5.41) is 6.71. The summed E-state index contributed by atoms with van der Waals surface area (Å²) in [6.07, 6.45) is -0.0818. The molecule has 0 radical (unpaired) electrons. The molecule has 2 heterocycles. The van der Waals surface area contributed by atoms with Crippen LogP contribution in [-0.2, 0) is 0 Å². The highest BCUT2D eigenvalue weighted by Gasteiger charge is 2.34. The molecule has 5 nitrogen and oxygen atoms in total. The maximum Gasteiger partial charge on any atom is 0.401 e. The molecule has 2 aliphatic heterocycles. The van der Waals surface area contributed by atoms with E-state index in [1.165, 1.54) is 11.3 Å². The van der Waals surface area contributed by atoms with Crippen LogP contribution in [0.1, 0.15) is 32.6 Å². The van der Waals surface area contributed by atoms with Crippen molar-refractivity contribution in [2.24, 2.45) is 4.99 Å². The number of halogens is 4. The van der Waals surface area contributed by atoms with Crippen LogP contribution in [0.25, 0.3) is 0 Å². The molecule has 0 aliphatic carbocycles. The monoisotopic (exact) mass is 477 g/mol. The number of nitrogens with one attached hydrogen (secondary N) is 2. The molecule has 2 saturated heterocycles. The largest absolute Gasteiger partial charge is 0.401 e.